The maximum absolute atomic E-state index is 13.8. The summed E-state index contributed by atoms with van der Waals surface area (Å²) in [6.45, 7) is 10.7. The van der Waals surface area contributed by atoms with Crippen molar-refractivity contribution >= 4 is 23.3 Å². The smallest absolute Gasteiger partial charge is 0.305 e. The van der Waals surface area contributed by atoms with Crippen LogP contribution in [-0.4, -0.2) is 71.5 Å². The van der Waals surface area contributed by atoms with Crippen molar-refractivity contribution in [3.8, 4) is 5.75 Å². The number of aliphatic hydroxyl groups is 1. The Hall–Kier alpha value is -3.46. The maximum atomic E-state index is 13.8. The van der Waals surface area contributed by atoms with Gasteiger partial charge in [-0.1, -0.05) is 26.8 Å². The van der Waals surface area contributed by atoms with Crippen molar-refractivity contribution in [1.29, 1.82) is 5.41 Å². The second kappa shape index (κ2) is 12.4. The van der Waals surface area contributed by atoms with Gasteiger partial charge in [0.25, 0.3) is 0 Å². The van der Waals surface area contributed by atoms with E-state index in [0.29, 0.717) is 75.1 Å². The molecule has 1 saturated heterocycles. The molecule has 226 valence electrons. The third-order valence-electron chi connectivity index (χ3n) is 8.31. The van der Waals surface area contributed by atoms with Gasteiger partial charge in [0.15, 0.2) is 5.78 Å². The second-order valence-corrected chi connectivity index (χ2v) is 12.7. The van der Waals surface area contributed by atoms with E-state index in [2.05, 4.69) is 37.8 Å². The molecule has 2 aliphatic heterocycles. The first-order valence-corrected chi connectivity index (χ1v) is 15.3. The molecule has 1 saturated carbocycles. The zero-order chi connectivity index (χ0) is 30.0. The lowest BCUT2D eigenvalue weighted by molar-refractivity contribution is -0.143. The zero-order valence-electron chi connectivity index (χ0n) is 25.4. The van der Waals surface area contributed by atoms with Gasteiger partial charge in [0.2, 0.25) is 0 Å². The molecule has 2 fully saturated rings. The van der Waals surface area contributed by atoms with Crippen LogP contribution >= 0.6 is 0 Å². The summed E-state index contributed by atoms with van der Waals surface area (Å²) in [6, 6.07) is 7.97. The van der Waals surface area contributed by atoms with Gasteiger partial charge in [0, 0.05) is 54.4 Å². The number of amidine groups is 1. The number of carbonyl (C=O) groups is 2. The molecule has 1 aliphatic carbocycles. The van der Waals surface area contributed by atoms with Crippen molar-refractivity contribution in [3.63, 3.8) is 0 Å². The maximum Gasteiger partial charge on any atom is 0.305 e. The van der Waals surface area contributed by atoms with Crippen molar-refractivity contribution < 1.29 is 24.2 Å². The van der Waals surface area contributed by atoms with E-state index in [1.165, 1.54) is 0 Å². The highest BCUT2D eigenvalue weighted by atomic mass is 16.5. The number of pyridine rings is 1. The number of hydrogen-bond donors (Lipinski definition) is 2. The average molecular weight is 577 g/mol. The first-order chi connectivity index (χ1) is 20.0. The fourth-order valence-electron chi connectivity index (χ4n) is 5.73. The van der Waals surface area contributed by atoms with Gasteiger partial charge >= 0.3 is 5.97 Å². The Labute approximate surface area is 248 Å². The Morgan fingerprint density at radius 2 is 1.86 bits per heavy atom. The fourth-order valence-corrected chi connectivity index (χ4v) is 5.73. The normalized spacial score (nSPS) is 17.4. The van der Waals surface area contributed by atoms with Crippen LogP contribution in [0.5, 0.6) is 5.75 Å². The summed E-state index contributed by atoms with van der Waals surface area (Å²) in [5, 5.41) is 18.9. The number of benzene rings is 1. The van der Waals surface area contributed by atoms with Crippen molar-refractivity contribution in [2.45, 2.75) is 90.2 Å². The number of piperidine rings is 1. The molecule has 0 unspecified atom stereocenters. The lowest BCUT2D eigenvalue weighted by Crippen LogP contribution is -2.36. The number of nitrogens with zero attached hydrogens (tertiary/aromatic N) is 3. The third-order valence-corrected chi connectivity index (χ3v) is 8.31. The van der Waals surface area contributed by atoms with Gasteiger partial charge in [-0.2, -0.15) is 0 Å². The number of Topliss-reactive ketones (excluding diaryl/α,β-unsaturated/α-hetero) is 1. The predicted molar refractivity (Wildman–Crippen MR) is 162 cm³/mol. The molecular formula is C33H44N4O5. The molecule has 1 aromatic carbocycles. The Balaban J connectivity index is 1.40. The van der Waals surface area contributed by atoms with E-state index in [1.807, 2.05) is 17.0 Å². The SMILES string of the molecule is CCOC(=O)CCCOc1c(N2CCC(O)CC2)cc(C(=O)CN2Cc3ccc(C4CC4)nc3C2=N)cc1C(C)(C)C. The topological polar surface area (TPSA) is 116 Å². The van der Waals surface area contributed by atoms with E-state index in [0.717, 1.165) is 41.1 Å². The molecule has 2 N–H and O–H groups in total. The molecule has 2 aromatic rings. The van der Waals surface area contributed by atoms with Crippen molar-refractivity contribution in [1.82, 2.24) is 9.88 Å². The number of aliphatic hydroxyl groups excluding tert-OH is 1. The van der Waals surface area contributed by atoms with Gasteiger partial charge in [-0.15, -0.1) is 0 Å². The van der Waals surface area contributed by atoms with Crippen molar-refractivity contribution in [2.75, 3.05) is 37.7 Å². The quantitative estimate of drug-likeness (QED) is 0.219. The molecule has 9 nitrogen and oxygen atoms in total. The Morgan fingerprint density at radius 3 is 2.52 bits per heavy atom. The number of nitrogens with one attached hydrogen (secondary N) is 1. The number of esters is 1. The number of aromatic nitrogens is 1. The lowest BCUT2D eigenvalue weighted by Gasteiger charge is -2.35. The van der Waals surface area contributed by atoms with E-state index < -0.39 is 0 Å². The summed E-state index contributed by atoms with van der Waals surface area (Å²) < 4.78 is 11.4. The minimum atomic E-state index is -0.334. The van der Waals surface area contributed by atoms with Gasteiger partial charge in [-0.05, 0) is 62.6 Å². The molecule has 3 aliphatic rings. The van der Waals surface area contributed by atoms with E-state index in [-0.39, 0.29) is 36.2 Å². The molecule has 0 amide bonds. The Morgan fingerprint density at radius 1 is 1.12 bits per heavy atom. The second-order valence-electron chi connectivity index (χ2n) is 12.7. The van der Waals surface area contributed by atoms with Crippen LogP contribution in [0, 0.1) is 5.41 Å². The molecule has 0 spiro atoms. The number of hydrogen-bond acceptors (Lipinski definition) is 8. The van der Waals surface area contributed by atoms with Gasteiger partial charge in [-0.25, -0.2) is 4.98 Å². The van der Waals surface area contributed by atoms with E-state index >= 15 is 0 Å². The summed E-state index contributed by atoms with van der Waals surface area (Å²) >= 11 is 0. The molecule has 0 bridgehead atoms. The summed E-state index contributed by atoms with van der Waals surface area (Å²) in [6.07, 6.45) is 4.06. The molecular weight excluding hydrogens is 532 g/mol. The predicted octanol–water partition coefficient (Wildman–Crippen LogP) is 4.96. The molecule has 0 radical (unpaired) electrons. The lowest BCUT2D eigenvalue weighted by atomic mass is 9.84. The van der Waals surface area contributed by atoms with Gasteiger partial charge < -0.3 is 24.4 Å². The molecule has 0 atom stereocenters. The van der Waals surface area contributed by atoms with Gasteiger partial charge in [0.05, 0.1) is 31.5 Å². The first kappa shape index (κ1) is 30.0. The molecule has 42 heavy (non-hydrogen) atoms. The van der Waals surface area contributed by atoms with E-state index in [4.69, 9.17) is 19.9 Å². The average Bonchev–Trinajstić information content (AvgIpc) is 3.76. The molecule has 5 rings (SSSR count). The number of ether oxygens (including phenoxy) is 2. The summed E-state index contributed by atoms with van der Waals surface area (Å²) in [4.78, 5) is 34.5. The van der Waals surface area contributed by atoms with Crippen LogP contribution in [0.25, 0.3) is 0 Å². The monoisotopic (exact) mass is 576 g/mol. The van der Waals surface area contributed by atoms with Crippen LogP contribution in [0.3, 0.4) is 0 Å². The molecule has 1 aromatic heterocycles. The van der Waals surface area contributed by atoms with Crippen LogP contribution in [0.1, 0.15) is 105 Å². The Kier molecular flexibility index (Phi) is 8.87. The molecule has 9 heteroatoms. The minimum absolute atomic E-state index is 0.0624. The number of ketones is 1. The van der Waals surface area contributed by atoms with E-state index in [1.54, 1.807) is 6.92 Å². The standard InChI is InChI=1S/C33H44N4O5/c1-5-41-29(40)7-6-16-42-31-25(33(2,3)4)17-23(18-27(31)36-14-12-24(38)13-15-36)28(39)20-37-19-22-10-11-26(21-8-9-21)35-30(22)32(37)34/h10-11,17-18,21,24,34,38H,5-9,12-16,19-20H2,1-4H3. The number of anilines is 1. The highest BCUT2D eigenvalue weighted by molar-refractivity contribution is 6.05. The summed E-state index contributed by atoms with van der Waals surface area (Å²) in [5.41, 5.74) is 4.75. The number of carbonyl (C=O) groups excluding carboxylic acids is 2. The highest BCUT2D eigenvalue weighted by Gasteiger charge is 2.33. The molecule has 3 heterocycles. The van der Waals surface area contributed by atoms with Crippen LogP contribution in [0.4, 0.5) is 5.69 Å². The minimum Gasteiger partial charge on any atom is -0.491 e. The number of rotatable bonds is 11. The number of fused-ring (bicyclic) bond motifs is 1. The van der Waals surface area contributed by atoms with Crippen molar-refractivity contribution in [3.05, 3.63) is 52.3 Å². The van der Waals surface area contributed by atoms with Gasteiger partial charge in [-0.3, -0.25) is 15.0 Å². The zero-order valence-corrected chi connectivity index (χ0v) is 25.4. The van der Waals surface area contributed by atoms with Crippen LogP contribution < -0.4 is 9.64 Å². The summed E-state index contributed by atoms with van der Waals surface area (Å²) in [5.74, 6) is 1.24. The summed E-state index contributed by atoms with van der Waals surface area (Å²) in [7, 11) is 0. The fraction of sp³-hybridized carbons (Fsp3) is 0.576. The van der Waals surface area contributed by atoms with Gasteiger partial charge in [0.1, 0.15) is 17.3 Å². The third kappa shape index (κ3) is 6.77. The first-order valence-electron chi connectivity index (χ1n) is 15.3. The highest BCUT2D eigenvalue weighted by Crippen LogP contribution is 2.42. The van der Waals surface area contributed by atoms with E-state index in [9.17, 15) is 14.7 Å². The van der Waals surface area contributed by atoms with Crippen LogP contribution in [-0.2, 0) is 21.5 Å². The Bertz CT molecular complexity index is 1340. The largest absolute Gasteiger partial charge is 0.491 e. The van der Waals surface area contributed by atoms with Crippen molar-refractivity contribution in [2.24, 2.45) is 0 Å². The van der Waals surface area contributed by atoms with Crippen LogP contribution in [0.2, 0.25) is 0 Å². The van der Waals surface area contributed by atoms with Crippen LogP contribution in [0.15, 0.2) is 24.3 Å².